The molecule has 0 aliphatic heterocycles. The lowest BCUT2D eigenvalue weighted by atomic mass is 10.0. The van der Waals surface area contributed by atoms with E-state index in [0.29, 0.717) is 11.3 Å². The third-order valence-electron chi connectivity index (χ3n) is 6.00. The summed E-state index contributed by atoms with van der Waals surface area (Å²) in [6, 6.07) is 19.7. The fraction of sp³-hybridized carbons (Fsp3) is 0.290. The van der Waals surface area contributed by atoms with Crippen molar-refractivity contribution in [3.05, 3.63) is 77.9 Å². The van der Waals surface area contributed by atoms with Crippen molar-refractivity contribution in [2.75, 3.05) is 5.32 Å². The van der Waals surface area contributed by atoms with Crippen LogP contribution < -0.4 is 16.4 Å². The molecule has 0 aliphatic carbocycles. The number of nitrogens with two attached hydrogens (primary N) is 1. The lowest BCUT2D eigenvalue weighted by molar-refractivity contribution is -0.138. The highest BCUT2D eigenvalue weighted by Crippen LogP contribution is 2.26. The molecule has 3 aromatic rings. The van der Waals surface area contributed by atoms with E-state index < -0.39 is 47.9 Å². The normalized spacial score (nSPS) is 12.5. The molecule has 0 heterocycles. The van der Waals surface area contributed by atoms with Crippen molar-refractivity contribution in [2.24, 2.45) is 5.73 Å². The second-order valence-electron chi connectivity index (χ2n) is 10.3. The number of carbonyl (C=O) groups excluding carboxylic acids is 4. The first kappa shape index (κ1) is 29.7. The summed E-state index contributed by atoms with van der Waals surface area (Å²) in [6.45, 7) is 6.95. The monoisotopic (exact) mass is 542 g/mol. The maximum absolute atomic E-state index is 13.8. The quantitative estimate of drug-likeness (QED) is 0.275. The first-order chi connectivity index (χ1) is 18.9. The number of rotatable bonds is 9. The molecular weight excluding hydrogens is 508 g/mol. The van der Waals surface area contributed by atoms with Crippen molar-refractivity contribution in [3.63, 3.8) is 0 Å². The number of alkyl carbamates (subject to hydrolysis) is 1. The Morgan fingerprint density at radius 2 is 1.65 bits per heavy atom. The Bertz CT molecular complexity index is 1440. The minimum Gasteiger partial charge on any atom is -0.444 e. The Kier molecular flexibility index (Phi) is 9.51. The molecule has 0 spiro atoms. The van der Waals surface area contributed by atoms with Crippen LogP contribution in [0.4, 0.5) is 10.5 Å². The molecule has 0 saturated heterocycles. The van der Waals surface area contributed by atoms with Crippen LogP contribution in [0.2, 0.25) is 0 Å². The van der Waals surface area contributed by atoms with Crippen LogP contribution in [-0.4, -0.2) is 40.4 Å². The van der Waals surface area contributed by atoms with Gasteiger partial charge in [-0.3, -0.25) is 19.3 Å². The van der Waals surface area contributed by atoms with E-state index in [-0.39, 0.29) is 0 Å². The number of amides is 4. The molecule has 3 rings (SSSR count). The van der Waals surface area contributed by atoms with Gasteiger partial charge in [-0.15, -0.1) is 0 Å². The molecule has 3 aromatic carbocycles. The molecule has 9 heteroatoms. The first-order valence-electron chi connectivity index (χ1n) is 12.9. The van der Waals surface area contributed by atoms with E-state index in [0.717, 1.165) is 27.7 Å². The van der Waals surface area contributed by atoms with E-state index in [4.69, 9.17) is 16.9 Å². The van der Waals surface area contributed by atoms with Gasteiger partial charge in [-0.25, -0.2) is 4.79 Å². The van der Waals surface area contributed by atoms with Gasteiger partial charge in [0.15, 0.2) is 0 Å². The Morgan fingerprint density at radius 3 is 2.23 bits per heavy atom. The molecule has 0 radical (unpaired) electrons. The van der Waals surface area contributed by atoms with Gasteiger partial charge in [-0.1, -0.05) is 67.9 Å². The molecule has 4 amide bonds. The van der Waals surface area contributed by atoms with Gasteiger partial charge in [0.05, 0.1) is 6.42 Å². The zero-order valence-electron chi connectivity index (χ0n) is 23.1. The summed E-state index contributed by atoms with van der Waals surface area (Å²) < 4.78 is 5.24. The van der Waals surface area contributed by atoms with E-state index in [1.165, 1.54) is 0 Å². The number of terminal acetylenes is 1. The first-order valence-corrected chi connectivity index (χ1v) is 12.9. The van der Waals surface area contributed by atoms with Crippen LogP contribution in [0.3, 0.4) is 0 Å². The minimum absolute atomic E-state index is 0.442. The third-order valence-corrected chi connectivity index (χ3v) is 6.00. The van der Waals surface area contributed by atoms with Gasteiger partial charge in [-0.05, 0) is 61.2 Å². The van der Waals surface area contributed by atoms with E-state index in [1.54, 1.807) is 39.0 Å². The van der Waals surface area contributed by atoms with Gasteiger partial charge in [0.1, 0.15) is 17.7 Å². The van der Waals surface area contributed by atoms with Crippen molar-refractivity contribution in [2.45, 2.75) is 58.2 Å². The summed E-state index contributed by atoms with van der Waals surface area (Å²) in [5.74, 6) is -2.30. The van der Waals surface area contributed by atoms with E-state index >= 15 is 0 Å². The Labute approximate surface area is 234 Å². The van der Waals surface area contributed by atoms with Gasteiger partial charge in [0, 0.05) is 11.7 Å². The molecule has 9 nitrogen and oxygen atoms in total. The molecule has 0 saturated carbocycles. The van der Waals surface area contributed by atoms with Gasteiger partial charge in [0.2, 0.25) is 5.91 Å². The predicted molar refractivity (Wildman–Crippen MR) is 154 cm³/mol. The lowest BCUT2D eigenvalue weighted by Crippen LogP contribution is -2.52. The van der Waals surface area contributed by atoms with E-state index in [1.807, 2.05) is 55.5 Å². The fourth-order valence-corrected chi connectivity index (χ4v) is 4.12. The van der Waals surface area contributed by atoms with Crippen LogP contribution in [0.25, 0.3) is 10.8 Å². The topological polar surface area (TPSA) is 131 Å². The number of hydrogen-bond donors (Lipinski definition) is 3. The summed E-state index contributed by atoms with van der Waals surface area (Å²) in [4.78, 5) is 52.6. The Hall–Kier alpha value is -4.84. The number of nitrogens with zero attached hydrogens (tertiary/aromatic N) is 1. The second-order valence-corrected chi connectivity index (χ2v) is 10.3. The highest BCUT2D eigenvalue weighted by Gasteiger charge is 2.36. The van der Waals surface area contributed by atoms with Gasteiger partial charge < -0.3 is 21.1 Å². The number of hydrogen-bond acceptors (Lipinski definition) is 5. The number of carbonyl (C=O) groups is 4. The molecule has 4 N–H and O–H groups in total. The molecule has 2 unspecified atom stereocenters. The molecule has 2 atom stereocenters. The summed E-state index contributed by atoms with van der Waals surface area (Å²) in [5, 5.41) is 7.13. The van der Waals surface area contributed by atoms with E-state index in [9.17, 15) is 19.2 Å². The number of ether oxygens (including phenoxy) is 1. The highest BCUT2D eigenvalue weighted by atomic mass is 16.6. The summed E-state index contributed by atoms with van der Waals surface area (Å²) in [7, 11) is 0. The van der Waals surface area contributed by atoms with Crippen molar-refractivity contribution in [3.8, 4) is 12.5 Å². The predicted octanol–water partition coefficient (Wildman–Crippen LogP) is 4.27. The molecule has 40 heavy (non-hydrogen) atoms. The summed E-state index contributed by atoms with van der Waals surface area (Å²) in [6.07, 6.45) is 5.07. The number of aryl methyl sites for hydroxylation is 1. The van der Waals surface area contributed by atoms with Crippen molar-refractivity contribution in [1.82, 2.24) is 10.2 Å². The SMILES string of the molecule is C#CN(C(=O)C(CC(N)=O)NC(=O)OC(C)(C)C)C(C(=O)Nc1ccc2ccccc2c1)c1ccc(CC)cc1. The maximum atomic E-state index is 13.8. The lowest BCUT2D eigenvalue weighted by Gasteiger charge is -2.30. The molecule has 0 bridgehead atoms. The molecule has 0 aliphatic rings. The standard InChI is InChI=1S/C31H34N4O5/c1-6-20-12-14-22(15-13-20)27(28(37)33-24-17-16-21-10-8-9-11-23(21)18-24)35(7-2)29(38)25(19-26(32)36)34-30(39)40-31(3,4)5/h2,8-18,25,27H,6,19H2,1,3-5H3,(H2,32,36)(H,33,37)(H,34,39). The van der Waals surface area contributed by atoms with Crippen molar-refractivity contribution >= 4 is 40.3 Å². The van der Waals surface area contributed by atoms with Gasteiger partial charge in [-0.2, -0.15) is 0 Å². The zero-order valence-corrected chi connectivity index (χ0v) is 23.1. The highest BCUT2D eigenvalue weighted by molar-refractivity contribution is 6.01. The number of anilines is 1. The number of benzene rings is 3. The number of nitrogens with one attached hydrogen (secondary N) is 2. The number of fused-ring (bicyclic) bond motifs is 1. The molecule has 208 valence electrons. The average molecular weight is 543 g/mol. The Morgan fingerprint density at radius 1 is 1.00 bits per heavy atom. The van der Waals surface area contributed by atoms with Crippen LogP contribution in [0.1, 0.15) is 51.3 Å². The van der Waals surface area contributed by atoms with Crippen LogP contribution in [-0.2, 0) is 25.5 Å². The fourth-order valence-electron chi connectivity index (χ4n) is 4.12. The third kappa shape index (κ3) is 7.84. The minimum atomic E-state index is -1.46. The zero-order chi connectivity index (χ0) is 29.4. The smallest absolute Gasteiger partial charge is 0.408 e. The largest absolute Gasteiger partial charge is 0.444 e. The van der Waals surface area contributed by atoms with Crippen molar-refractivity contribution < 1.29 is 23.9 Å². The number of primary amides is 1. The Balaban J connectivity index is 1.99. The van der Waals surface area contributed by atoms with Crippen molar-refractivity contribution in [1.29, 1.82) is 0 Å². The van der Waals surface area contributed by atoms with Gasteiger partial charge in [0.25, 0.3) is 11.8 Å². The summed E-state index contributed by atoms with van der Waals surface area (Å²) in [5.41, 5.74) is 6.48. The van der Waals surface area contributed by atoms with Crippen LogP contribution in [0.5, 0.6) is 0 Å². The average Bonchev–Trinajstić information content (AvgIpc) is 2.89. The second kappa shape index (κ2) is 12.8. The van der Waals surface area contributed by atoms with Crippen LogP contribution in [0, 0.1) is 12.5 Å². The van der Waals surface area contributed by atoms with Gasteiger partial charge >= 0.3 is 6.09 Å². The van der Waals surface area contributed by atoms with E-state index in [2.05, 4.69) is 16.7 Å². The molecule has 0 fully saturated rings. The molecule has 0 aromatic heterocycles. The maximum Gasteiger partial charge on any atom is 0.408 e. The summed E-state index contributed by atoms with van der Waals surface area (Å²) >= 11 is 0. The van der Waals surface area contributed by atoms with Crippen LogP contribution >= 0.6 is 0 Å². The van der Waals surface area contributed by atoms with Crippen LogP contribution in [0.15, 0.2) is 66.7 Å². The molecular formula is C31H34N4O5.